The van der Waals surface area contributed by atoms with Crippen LogP contribution in [0.1, 0.15) is 22.8 Å². The van der Waals surface area contributed by atoms with E-state index in [0.29, 0.717) is 11.4 Å². The van der Waals surface area contributed by atoms with Crippen LogP contribution in [0.15, 0.2) is 48.5 Å². The molecule has 0 radical (unpaired) electrons. The molecule has 0 saturated carbocycles. The first-order valence-electron chi connectivity index (χ1n) is 6.93. The maximum absolute atomic E-state index is 13.8. The number of hydrogen-bond donors (Lipinski definition) is 1. The van der Waals surface area contributed by atoms with E-state index < -0.39 is 11.6 Å². The summed E-state index contributed by atoms with van der Waals surface area (Å²) >= 11 is 0. The lowest BCUT2D eigenvalue weighted by Gasteiger charge is -2.03. The summed E-state index contributed by atoms with van der Waals surface area (Å²) in [5.41, 5.74) is 1.42. The van der Waals surface area contributed by atoms with Gasteiger partial charge < -0.3 is 10.1 Å². The highest BCUT2D eigenvalue weighted by Crippen LogP contribution is 2.17. The van der Waals surface area contributed by atoms with Gasteiger partial charge in [0.15, 0.2) is 5.78 Å². The minimum atomic E-state index is -0.625. The number of carbonyl (C=O) groups is 2. The van der Waals surface area contributed by atoms with Crippen molar-refractivity contribution in [3.05, 3.63) is 65.5 Å². The predicted octanol–water partition coefficient (Wildman–Crippen LogP) is 3.69. The maximum atomic E-state index is 13.8. The standard InChI is InChI=1S/C18H16FNO3/c1-12(21)20-14-6-3-13(4-7-14)5-10-18(22)16-9-8-15(23-2)11-17(16)19/h3-11H,1-2H3,(H,20,21). The number of ether oxygens (including phenoxy) is 1. The highest BCUT2D eigenvalue weighted by atomic mass is 19.1. The Kier molecular flexibility index (Phi) is 5.25. The van der Waals surface area contributed by atoms with Gasteiger partial charge in [0.25, 0.3) is 0 Å². The van der Waals surface area contributed by atoms with Gasteiger partial charge in [-0.3, -0.25) is 9.59 Å². The molecule has 2 aromatic carbocycles. The van der Waals surface area contributed by atoms with E-state index in [-0.39, 0.29) is 11.5 Å². The zero-order valence-electron chi connectivity index (χ0n) is 12.8. The summed E-state index contributed by atoms with van der Waals surface area (Å²) in [6.07, 6.45) is 2.89. The number of allylic oxidation sites excluding steroid dienone is 1. The molecular weight excluding hydrogens is 297 g/mol. The molecule has 118 valence electrons. The van der Waals surface area contributed by atoms with Gasteiger partial charge in [-0.25, -0.2) is 4.39 Å². The minimum absolute atomic E-state index is 0.0167. The molecule has 0 saturated heterocycles. The third kappa shape index (κ3) is 4.51. The number of benzene rings is 2. The first-order valence-corrected chi connectivity index (χ1v) is 6.93. The van der Waals surface area contributed by atoms with E-state index in [0.717, 1.165) is 5.56 Å². The van der Waals surface area contributed by atoms with Gasteiger partial charge in [0.05, 0.1) is 12.7 Å². The molecule has 0 aliphatic carbocycles. The summed E-state index contributed by atoms with van der Waals surface area (Å²) in [5.74, 6) is -0.855. The van der Waals surface area contributed by atoms with E-state index in [9.17, 15) is 14.0 Å². The molecule has 0 bridgehead atoms. The number of amides is 1. The minimum Gasteiger partial charge on any atom is -0.497 e. The van der Waals surface area contributed by atoms with Crippen molar-refractivity contribution < 1.29 is 18.7 Å². The number of anilines is 1. The Hall–Kier alpha value is -2.95. The molecule has 0 atom stereocenters. The first-order chi connectivity index (χ1) is 11.0. The smallest absolute Gasteiger partial charge is 0.221 e. The topological polar surface area (TPSA) is 55.4 Å². The van der Waals surface area contributed by atoms with Crippen LogP contribution in [-0.4, -0.2) is 18.8 Å². The van der Waals surface area contributed by atoms with Crippen LogP contribution in [0.2, 0.25) is 0 Å². The Morgan fingerprint density at radius 2 is 1.83 bits per heavy atom. The summed E-state index contributed by atoms with van der Waals surface area (Å²) in [5, 5.41) is 2.65. The molecule has 1 N–H and O–H groups in total. The second kappa shape index (κ2) is 7.35. The number of hydrogen-bond acceptors (Lipinski definition) is 3. The molecule has 0 fully saturated rings. The highest BCUT2D eigenvalue weighted by molar-refractivity contribution is 6.07. The molecule has 5 heteroatoms. The van der Waals surface area contributed by atoms with Gasteiger partial charge in [0.1, 0.15) is 11.6 Å². The zero-order chi connectivity index (χ0) is 16.8. The normalized spacial score (nSPS) is 10.6. The van der Waals surface area contributed by atoms with Crippen molar-refractivity contribution in [2.24, 2.45) is 0 Å². The number of halogens is 1. The SMILES string of the molecule is COc1ccc(C(=O)C=Cc2ccc(NC(C)=O)cc2)c(F)c1. The lowest BCUT2D eigenvalue weighted by Crippen LogP contribution is -2.05. The van der Waals surface area contributed by atoms with Crippen molar-refractivity contribution in [1.82, 2.24) is 0 Å². The fourth-order valence-electron chi connectivity index (χ4n) is 1.97. The molecule has 4 nitrogen and oxygen atoms in total. The summed E-state index contributed by atoms with van der Waals surface area (Å²) < 4.78 is 18.7. The number of methoxy groups -OCH3 is 1. The van der Waals surface area contributed by atoms with Crippen molar-refractivity contribution >= 4 is 23.5 Å². The van der Waals surface area contributed by atoms with Gasteiger partial charge in [0, 0.05) is 18.7 Å². The van der Waals surface area contributed by atoms with Gasteiger partial charge in [-0.1, -0.05) is 18.2 Å². The fourth-order valence-corrected chi connectivity index (χ4v) is 1.97. The average Bonchev–Trinajstić information content (AvgIpc) is 2.53. The van der Waals surface area contributed by atoms with Crippen LogP contribution in [0.3, 0.4) is 0 Å². The number of nitrogens with one attached hydrogen (secondary N) is 1. The predicted molar refractivity (Wildman–Crippen MR) is 87.1 cm³/mol. The number of ketones is 1. The van der Waals surface area contributed by atoms with Crippen LogP contribution in [0, 0.1) is 5.82 Å². The van der Waals surface area contributed by atoms with E-state index >= 15 is 0 Å². The Morgan fingerprint density at radius 1 is 1.13 bits per heavy atom. The van der Waals surface area contributed by atoms with Gasteiger partial charge in [-0.2, -0.15) is 0 Å². The molecule has 2 aromatic rings. The third-order valence-electron chi connectivity index (χ3n) is 3.10. The molecule has 23 heavy (non-hydrogen) atoms. The lowest BCUT2D eigenvalue weighted by molar-refractivity contribution is -0.114. The monoisotopic (exact) mass is 313 g/mol. The van der Waals surface area contributed by atoms with Gasteiger partial charge in [0.2, 0.25) is 5.91 Å². The maximum Gasteiger partial charge on any atom is 0.221 e. The summed E-state index contributed by atoms with van der Waals surface area (Å²) in [4.78, 5) is 23.0. The molecule has 2 rings (SSSR count). The van der Waals surface area contributed by atoms with Gasteiger partial charge >= 0.3 is 0 Å². The second-order valence-corrected chi connectivity index (χ2v) is 4.85. The van der Waals surface area contributed by atoms with Crippen molar-refractivity contribution in [1.29, 1.82) is 0 Å². The zero-order valence-corrected chi connectivity index (χ0v) is 12.8. The van der Waals surface area contributed by atoms with Crippen LogP contribution < -0.4 is 10.1 Å². The fraction of sp³-hybridized carbons (Fsp3) is 0.111. The molecule has 0 aliphatic heterocycles. The second-order valence-electron chi connectivity index (χ2n) is 4.85. The van der Waals surface area contributed by atoms with E-state index in [2.05, 4.69) is 5.32 Å². The molecule has 0 aromatic heterocycles. The van der Waals surface area contributed by atoms with Crippen LogP contribution in [0.5, 0.6) is 5.75 Å². The van der Waals surface area contributed by atoms with Crippen LogP contribution >= 0.6 is 0 Å². The van der Waals surface area contributed by atoms with Crippen LogP contribution in [0.25, 0.3) is 6.08 Å². The van der Waals surface area contributed by atoms with Crippen molar-refractivity contribution in [3.8, 4) is 5.75 Å². The third-order valence-corrected chi connectivity index (χ3v) is 3.10. The molecule has 0 spiro atoms. The van der Waals surface area contributed by atoms with Crippen molar-refractivity contribution in [2.45, 2.75) is 6.92 Å². The molecule has 0 aliphatic rings. The van der Waals surface area contributed by atoms with Crippen LogP contribution in [-0.2, 0) is 4.79 Å². The Morgan fingerprint density at radius 3 is 2.39 bits per heavy atom. The van der Waals surface area contributed by atoms with Gasteiger partial charge in [-0.05, 0) is 35.9 Å². The Bertz CT molecular complexity index is 751. The van der Waals surface area contributed by atoms with E-state index in [4.69, 9.17) is 4.74 Å². The molecule has 0 unspecified atom stereocenters. The van der Waals surface area contributed by atoms with E-state index in [1.54, 1.807) is 30.3 Å². The first kappa shape index (κ1) is 16.4. The van der Waals surface area contributed by atoms with Crippen molar-refractivity contribution in [3.63, 3.8) is 0 Å². The lowest BCUT2D eigenvalue weighted by atomic mass is 10.1. The highest BCUT2D eigenvalue weighted by Gasteiger charge is 2.09. The molecule has 1 amide bonds. The molecule has 0 heterocycles. The summed E-state index contributed by atoms with van der Waals surface area (Å²) in [6, 6.07) is 11.0. The van der Waals surface area contributed by atoms with Crippen molar-refractivity contribution in [2.75, 3.05) is 12.4 Å². The Balaban J connectivity index is 2.10. The van der Waals surface area contributed by atoms with E-state index in [1.165, 1.54) is 38.3 Å². The Labute approximate surface area is 133 Å². The van der Waals surface area contributed by atoms with E-state index in [1.807, 2.05) is 0 Å². The summed E-state index contributed by atoms with van der Waals surface area (Å²) in [6.45, 7) is 1.43. The number of carbonyl (C=O) groups excluding carboxylic acids is 2. The quantitative estimate of drug-likeness (QED) is 0.676. The molecular formula is C18H16FNO3. The van der Waals surface area contributed by atoms with Gasteiger partial charge in [-0.15, -0.1) is 0 Å². The largest absolute Gasteiger partial charge is 0.497 e. The summed E-state index contributed by atoms with van der Waals surface area (Å²) in [7, 11) is 1.43. The average molecular weight is 313 g/mol. The van der Waals surface area contributed by atoms with Crippen LogP contribution in [0.4, 0.5) is 10.1 Å². The number of rotatable bonds is 5.